The maximum absolute atomic E-state index is 14.0. The van der Waals surface area contributed by atoms with Crippen LogP contribution in [0.2, 0.25) is 0 Å². The molecule has 1 aliphatic heterocycles. The SMILES string of the molecule is CCn1c(=O)cc(OCC(=O)N2CCN(c3ccccc3F)CC2)c2ccccc21. The van der Waals surface area contributed by atoms with Crippen molar-refractivity contribution in [1.29, 1.82) is 0 Å². The average molecular weight is 409 g/mol. The van der Waals surface area contributed by atoms with Gasteiger partial charge < -0.3 is 19.1 Å². The molecule has 0 unspecified atom stereocenters. The van der Waals surface area contributed by atoms with Crippen molar-refractivity contribution < 1.29 is 13.9 Å². The third-order valence-electron chi connectivity index (χ3n) is 5.47. The standard InChI is InChI=1S/C23H24FN3O3/c1-2-27-19-9-5-3-7-17(19)21(15-22(27)28)30-16-23(29)26-13-11-25(12-14-26)20-10-6-4-8-18(20)24/h3-10,15H,2,11-14,16H2,1H3. The summed E-state index contributed by atoms with van der Waals surface area (Å²) in [6.45, 7) is 4.44. The highest BCUT2D eigenvalue weighted by molar-refractivity contribution is 5.86. The molecule has 2 aromatic carbocycles. The molecular weight excluding hydrogens is 385 g/mol. The molecule has 0 saturated carbocycles. The van der Waals surface area contributed by atoms with Crippen LogP contribution in [0.1, 0.15) is 6.92 Å². The van der Waals surface area contributed by atoms with Gasteiger partial charge in [0.2, 0.25) is 0 Å². The molecule has 156 valence electrons. The highest BCUT2D eigenvalue weighted by Crippen LogP contribution is 2.24. The molecule has 1 fully saturated rings. The number of carbonyl (C=O) groups excluding carboxylic acids is 1. The van der Waals surface area contributed by atoms with Crippen molar-refractivity contribution in [2.45, 2.75) is 13.5 Å². The van der Waals surface area contributed by atoms with Crippen LogP contribution in [-0.4, -0.2) is 48.2 Å². The number of para-hydroxylation sites is 2. The summed E-state index contributed by atoms with van der Waals surface area (Å²) < 4.78 is 21.4. The number of benzene rings is 2. The second-order valence-electron chi connectivity index (χ2n) is 7.22. The number of aryl methyl sites for hydroxylation is 1. The smallest absolute Gasteiger partial charge is 0.260 e. The Labute approximate surface area is 174 Å². The van der Waals surface area contributed by atoms with E-state index in [1.807, 2.05) is 36.1 Å². The maximum atomic E-state index is 14.0. The second-order valence-corrected chi connectivity index (χ2v) is 7.22. The first-order valence-electron chi connectivity index (χ1n) is 10.1. The molecule has 0 N–H and O–H groups in total. The molecule has 1 aromatic heterocycles. The number of piperazine rings is 1. The Morgan fingerprint density at radius 1 is 1.03 bits per heavy atom. The van der Waals surface area contributed by atoms with E-state index in [4.69, 9.17) is 4.74 Å². The van der Waals surface area contributed by atoms with Gasteiger partial charge in [0, 0.05) is 44.2 Å². The third kappa shape index (κ3) is 3.87. The minimum absolute atomic E-state index is 0.140. The molecule has 1 aliphatic rings. The second kappa shape index (κ2) is 8.57. The van der Waals surface area contributed by atoms with E-state index in [2.05, 4.69) is 0 Å². The maximum Gasteiger partial charge on any atom is 0.260 e. The van der Waals surface area contributed by atoms with Crippen molar-refractivity contribution in [3.05, 3.63) is 70.8 Å². The van der Waals surface area contributed by atoms with E-state index in [1.54, 1.807) is 27.7 Å². The molecule has 3 aromatic rings. The number of anilines is 1. The highest BCUT2D eigenvalue weighted by Gasteiger charge is 2.23. The predicted molar refractivity (Wildman–Crippen MR) is 115 cm³/mol. The van der Waals surface area contributed by atoms with Gasteiger partial charge in [-0.15, -0.1) is 0 Å². The van der Waals surface area contributed by atoms with Crippen LogP contribution in [0.3, 0.4) is 0 Å². The number of hydrogen-bond donors (Lipinski definition) is 0. The predicted octanol–water partition coefficient (Wildman–Crippen LogP) is 2.89. The van der Waals surface area contributed by atoms with E-state index in [0.29, 0.717) is 44.2 Å². The van der Waals surface area contributed by atoms with Crippen molar-refractivity contribution in [3.63, 3.8) is 0 Å². The van der Waals surface area contributed by atoms with Gasteiger partial charge in [-0.1, -0.05) is 24.3 Å². The van der Waals surface area contributed by atoms with Crippen LogP contribution < -0.4 is 15.2 Å². The van der Waals surface area contributed by atoms with Crippen LogP contribution in [0.15, 0.2) is 59.4 Å². The molecule has 0 bridgehead atoms. The van der Waals surface area contributed by atoms with Gasteiger partial charge in [-0.2, -0.15) is 0 Å². The van der Waals surface area contributed by atoms with E-state index < -0.39 is 0 Å². The molecule has 1 amide bonds. The fourth-order valence-electron chi connectivity index (χ4n) is 3.89. The van der Waals surface area contributed by atoms with Crippen molar-refractivity contribution in [2.24, 2.45) is 0 Å². The van der Waals surface area contributed by atoms with Crippen molar-refractivity contribution in [2.75, 3.05) is 37.7 Å². The zero-order chi connectivity index (χ0) is 21.1. The number of pyridine rings is 1. The summed E-state index contributed by atoms with van der Waals surface area (Å²) >= 11 is 0. The Kier molecular flexibility index (Phi) is 5.70. The van der Waals surface area contributed by atoms with E-state index in [1.165, 1.54) is 12.1 Å². The van der Waals surface area contributed by atoms with E-state index in [9.17, 15) is 14.0 Å². The normalized spacial score (nSPS) is 14.2. The van der Waals surface area contributed by atoms with Crippen LogP contribution in [0.25, 0.3) is 10.9 Å². The Balaban J connectivity index is 1.41. The lowest BCUT2D eigenvalue weighted by molar-refractivity contribution is -0.133. The molecular formula is C23H24FN3O3. The Bertz CT molecular complexity index is 1120. The van der Waals surface area contributed by atoms with E-state index >= 15 is 0 Å². The van der Waals surface area contributed by atoms with Crippen LogP contribution in [-0.2, 0) is 11.3 Å². The Morgan fingerprint density at radius 2 is 1.73 bits per heavy atom. The molecule has 2 heterocycles. The van der Waals surface area contributed by atoms with Gasteiger partial charge in [0.05, 0.1) is 11.2 Å². The van der Waals surface area contributed by atoms with Gasteiger partial charge >= 0.3 is 0 Å². The summed E-state index contributed by atoms with van der Waals surface area (Å²) in [7, 11) is 0. The molecule has 0 spiro atoms. The molecule has 0 aliphatic carbocycles. The monoisotopic (exact) mass is 409 g/mol. The summed E-state index contributed by atoms with van der Waals surface area (Å²) in [5.41, 5.74) is 1.19. The van der Waals surface area contributed by atoms with E-state index in [0.717, 1.165) is 10.9 Å². The Morgan fingerprint density at radius 3 is 2.47 bits per heavy atom. The number of aromatic nitrogens is 1. The lowest BCUT2D eigenvalue weighted by Gasteiger charge is -2.36. The summed E-state index contributed by atoms with van der Waals surface area (Å²) in [6, 6.07) is 15.6. The number of amides is 1. The average Bonchev–Trinajstić information content (AvgIpc) is 2.78. The first-order valence-corrected chi connectivity index (χ1v) is 10.1. The molecule has 0 atom stereocenters. The van der Waals surface area contributed by atoms with Gasteiger partial charge in [0.15, 0.2) is 6.61 Å². The minimum atomic E-state index is -0.255. The third-order valence-corrected chi connectivity index (χ3v) is 5.47. The van der Waals surface area contributed by atoms with Gasteiger partial charge in [0.1, 0.15) is 11.6 Å². The molecule has 30 heavy (non-hydrogen) atoms. The van der Waals surface area contributed by atoms with Crippen LogP contribution in [0.4, 0.5) is 10.1 Å². The molecule has 6 nitrogen and oxygen atoms in total. The minimum Gasteiger partial charge on any atom is -0.483 e. The van der Waals surface area contributed by atoms with Gasteiger partial charge in [0.25, 0.3) is 11.5 Å². The van der Waals surface area contributed by atoms with Crippen LogP contribution in [0.5, 0.6) is 5.75 Å². The van der Waals surface area contributed by atoms with Crippen molar-refractivity contribution >= 4 is 22.5 Å². The molecule has 0 radical (unpaired) electrons. The molecule has 4 rings (SSSR count). The number of nitrogens with zero attached hydrogens (tertiary/aromatic N) is 3. The zero-order valence-corrected chi connectivity index (χ0v) is 16.9. The van der Waals surface area contributed by atoms with Gasteiger partial charge in [-0.25, -0.2) is 4.39 Å². The number of hydrogen-bond acceptors (Lipinski definition) is 4. The number of ether oxygens (including phenoxy) is 1. The number of rotatable bonds is 5. The number of halogens is 1. The van der Waals surface area contributed by atoms with Gasteiger partial charge in [-0.05, 0) is 31.2 Å². The number of carbonyl (C=O) groups is 1. The zero-order valence-electron chi connectivity index (χ0n) is 16.9. The largest absolute Gasteiger partial charge is 0.483 e. The van der Waals surface area contributed by atoms with Crippen molar-refractivity contribution in [3.8, 4) is 5.75 Å². The summed E-state index contributed by atoms with van der Waals surface area (Å²) in [5, 5.41) is 0.802. The summed E-state index contributed by atoms with van der Waals surface area (Å²) in [6.07, 6.45) is 0. The molecule has 7 heteroatoms. The highest BCUT2D eigenvalue weighted by atomic mass is 19.1. The number of fused-ring (bicyclic) bond motifs is 1. The lowest BCUT2D eigenvalue weighted by Crippen LogP contribution is -2.50. The summed E-state index contributed by atoms with van der Waals surface area (Å²) in [5.74, 6) is 0.0138. The lowest BCUT2D eigenvalue weighted by atomic mass is 10.2. The quantitative estimate of drug-likeness (QED) is 0.650. The summed E-state index contributed by atoms with van der Waals surface area (Å²) in [4.78, 5) is 28.7. The van der Waals surface area contributed by atoms with Crippen LogP contribution in [0, 0.1) is 5.82 Å². The van der Waals surface area contributed by atoms with Crippen molar-refractivity contribution in [1.82, 2.24) is 9.47 Å². The fourth-order valence-corrected chi connectivity index (χ4v) is 3.89. The first-order chi connectivity index (χ1) is 14.6. The first kappa shape index (κ1) is 19.9. The van der Waals surface area contributed by atoms with E-state index in [-0.39, 0.29) is 23.9 Å². The fraction of sp³-hybridized carbons (Fsp3) is 0.304. The van der Waals surface area contributed by atoms with Crippen LogP contribution >= 0.6 is 0 Å². The van der Waals surface area contributed by atoms with Gasteiger partial charge in [-0.3, -0.25) is 9.59 Å². The molecule has 1 saturated heterocycles. The topological polar surface area (TPSA) is 54.8 Å². The Hall–Kier alpha value is -3.35.